The summed E-state index contributed by atoms with van der Waals surface area (Å²) in [5.41, 5.74) is 0.428. The Hall–Kier alpha value is -1.57. The van der Waals surface area contributed by atoms with Gasteiger partial charge in [-0.3, -0.25) is 9.69 Å². The molecule has 0 atom stereocenters. The minimum Gasteiger partial charge on any atom is -0.354 e. The minimum absolute atomic E-state index is 0.0896. The van der Waals surface area contributed by atoms with Gasteiger partial charge in [-0.1, -0.05) is 16.8 Å². The SMILES string of the molecule is O=C(NC1CCC(CCN2CCN(c3noc4cc(F)c(Cl)cc34)CC2)CC1)[C@H]1C[C@H](Cl)C1. The van der Waals surface area contributed by atoms with Crippen molar-refractivity contribution in [3.63, 3.8) is 0 Å². The standard InChI is InChI=1S/C24H31Cl2FN4O2/c25-17-11-16(12-17)24(32)28-18-3-1-15(2-4-18)5-6-30-7-9-31(10-8-30)23-19-13-20(26)21(27)14-22(19)33-29-23/h13-18H,1-12H2,(H,28,32)/t15?,16-,17-,18?. The molecule has 1 N–H and O–H groups in total. The highest BCUT2D eigenvalue weighted by molar-refractivity contribution is 6.31. The number of aromatic nitrogens is 1. The minimum atomic E-state index is -0.490. The van der Waals surface area contributed by atoms with Gasteiger partial charge in [-0.25, -0.2) is 4.39 Å². The number of carbonyl (C=O) groups is 1. The summed E-state index contributed by atoms with van der Waals surface area (Å²) < 4.78 is 19.0. The number of halogens is 3. The molecule has 2 aromatic rings. The number of nitrogens with zero attached hydrogens (tertiary/aromatic N) is 3. The molecule has 1 aromatic carbocycles. The fraction of sp³-hybridized carbons (Fsp3) is 0.667. The quantitative estimate of drug-likeness (QED) is 0.580. The Morgan fingerprint density at radius 1 is 1.15 bits per heavy atom. The first-order chi connectivity index (χ1) is 16.0. The molecule has 1 saturated heterocycles. The number of benzene rings is 1. The first-order valence-corrected chi connectivity index (χ1v) is 12.9. The molecule has 6 nitrogen and oxygen atoms in total. The molecule has 1 aliphatic heterocycles. The molecule has 0 radical (unpaired) electrons. The maximum Gasteiger partial charge on any atom is 0.223 e. The van der Waals surface area contributed by atoms with E-state index < -0.39 is 5.82 Å². The molecule has 0 spiro atoms. The first-order valence-electron chi connectivity index (χ1n) is 12.1. The summed E-state index contributed by atoms with van der Waals surface area (Å²) in [7, 11) is 0. The van der Waals surface area contributed by atoms with Gasteiger partial charge in [-0.2, -0.15) is 0 Å². The van der Waals surface area contributed by atoms with Crippen LogP contribution >= 0.6 is 23.2 Å². The average molecular weight is 497 g/mol. The molecule has 9 heteroatoms. The van der Waals surface area contributed by atoms with Crippen molar-refractivity contribution in [2.75, 3.05) is 37.6 Å². The molecule has 33 heavy (non-hydrogen) atoms. The monoisotopic (exact) mass is 496 g/mol. The van der Waals surface area contributed by atoms with Crippen molar-refractivity contribution in [3.8, 4) is 0 Å². The molecule has 5 rings (SSSR count). The van der Waals surface area contributed by atoms with Crippen LogP contribution in [0.25, 0.3) is 11.0 Å². The molecular formula is C24H31Cl2FN4O2. The fourth-order valence-corrected chi connectivity index (χ4v) is 5.97. The summed E-state index contributed by atoms with van der Waals surface area (Å²) in [4.78, 5) is 17.0. The molecule has 1 aromatic heterocycles. The number of hydrogen-bond donors (Lipinski definition) is 1. The fourth-order valence-electron chi connectivity index (χ4n) is 5.37. The summed E-state index contributed by atoms with van der Waals surface area (Å²) in [6.45, 7) is 4.76. The third kappa shape index (κ3) is 5.25. The Morgan fingerprint density at radius 2 is 1.88 bits per heavy atom. The van der Waals surface area contributed by atoms with Gasteiger partial charge < -0.3 is 14.7 Å². The van der Waals surface area contributed by atoms with Crippen LogP contribution < -0.4 is 10.2 Å². The van der Waals surface area contributed by atoms with Crippen molar-refractivity contribution in [3.05, 3.63) is 23.0 Å². The topological polar surface area (TPSA) is 61.6 Å². The lowest BCUT2D eigenvalue weighted by atomic mass is 9.81. The van der Waals surface area contributed by atoms with Gasteiger partial charge in [0, 0.05) is 49.6 Å². The van der Waals surface area contributed by atoms with Crippen molar-refractivity contribution < 1.29 is 13.7 Å². The van der Waals surface area contributed by atoms with Gasteiger partial charge in [0.15, 0.2) is 11.4 Å². The van der Waals surface area contributed by atoms with Crippen LogP contribution in [0.2, 0.25) is 5.02 Å². The van der Waals surface area contributed by atoms with Crippen LogP contribution in [0, 0.1) is 17.7 Å². The first kappa shape index (κ1) is 23.2. The van der Waals surface area contributed by atoms with Crippen LogP contribution in [-0.2, 0) is 4.79 Å². The second-order valence-corrected chi connectivity index (χ2v) is 10.9. The van der Waals surface area contributed by atoms with Gasteiger partial charge in [0.2, 0.25) is 5.91 Å². The van der Waals surface area contributed by atoms with Gasteiger partial charge in [-0.15, -0.1) is 11.6 Å². The number of alkyl halides is 1. The molecule has 1 amide bonds. The number of nitrogens with one attached hydrogen (secondary N) is 1. The second-order valence-electron chi connectivity index (χ2n) is 9.88. The van der Waals surface area contributed by atoms with E-state index in [2.05, 4.69) is 20.3 Å². The zero-order valence-electron chi connectivity index (χ0n) is 18.7. The average Bonchev–Trinajstić information content (AvgIpc) is 3.19. The Kier molecular flexibility index (Phi) is 7.00. The van der Waals surface area contributed by atoms with Gasteiger partial charge in [0.1, 0.15) is 5.82 Å². The highest BCUT2D eigenvalue weighted by atomic mass is 35.5. The van der Waals surface area contributed by atoms with Crippen LogP contribution in [0.4, 0.5) is 10.2 Å². The summed E-state index contributed by atoms with van der Waals surface area (Å²) >= 11 is 12.0. The zero-order valence-corrected chi connectivity index (χ0v) is 20.3. The zero-order chi connectivity index (χ0) is 22.9. The lowest BCUT2D eigenvalue weighted by Crippen LogP contribution is -2.47. The number of anilines is 1. The van der Waals surface area contributed by atoms with E-state index in [0.29, 0.717) is 11.6 Å². The highest BCUT2D eigenvalue weighted by Gasteiger charge is 2.34. The molecule has 2 heterocycles. The molecule has 0 bridgehead atoms. The maximum atomic E-state index is 13.7. The maximum absolute atomic E-state index is 13.7. The van der Waals surface area contributed by atoms with Crippen LogP contribution in [0.1, 0.15) is 44.9 Å². The predicted octanol–water partition coefficient (Wildman–Crippen LogP) is 4.82. The van der Waals surface area contributed by atoms with Gasteiger partial charge in [0.05, 0.1) is 10.4 Å². The van der Waals surface area contributed by atoms with E-state index in [9.17, 15) is 9.18 Å². The van der Waals surface area contributed by atoms with E-state index >= 15 is 0 Å². The van der Waals surface area contributed by atoms with Crippen molar-refractivity contribution in [2.24, 2.45) is 11.8 Å². The van der Waals surface area contributed by atoms with Gasteiger partial charge in [0.25, 0.3) is 0 Å². The van der Waals surface area contributed by atoms with Crippen molar-refractivity contribution in [1.82, 2.24) is 15.4 Å². The number of rotatable bonds is 6. The highest BCUT2D eigenvalue weighted by Crippen LogP contribution is 2.34. The second kappa shape index (κ2) is 9.96. The van der Waals surface area contributed by atoms with Crippen molar-refractivity contribution in [2.45, 2.75) is 56.4 Å². The number of hydrogen-bond acceptors (Lipinski definition) is 5. The number of fused-ring (bicyclic) bond motifs is 1. The van der Waals surface area contributed by atoms with Gasteiger partial charge >= 0.3 is 0 Å². The Labute approximate surface area is 203 Å². The Morgan fingerprint density at radius 3 is 2.58 bits per heavy atom. The van der Waals surface area contributed by atoms with Crippen LogP contribution in [-0.4, -0.2) is 60.1 Å². The molecular weight excluding hydrogens is 466 g/mol. The van der Waals surface area contributed by atoms with E-state index in [-0.39, 0.29) is 22.2 Å². The van der Waals surface area contributed by atoms with E-state index in [0.717, 1.165) is 75.5 Å². The van der Waals surface area contributed by atoms with Crippen molar-refractivity contribution >= 4 is 45.9 Å². The van der Waals surface area contributed by atoms with E-state index in [1.54, 1.807) is 6.07 Å². The van der Waals surface area contributed by atoms with Gasteiger partial charge in [-0.05, 0) is 63.5 Å². The number of piperazine rings is 1. The largest absolute Gasteiger partial charge is 0.354 e. The normalized spacial score (nSPS) is 28.6. The smallest absolute Gasteiger partial charge is 0.223 e. The Bertz CT molecular complexity index is 980. The lowest BCUT2D eigenvalue weighted by Gasteiger charge is -2.36. The third-order valence-corrected chi connectivity index (χ3v) is 8.31. The predicted molar refractivity (Wildman–Crippen MR) is 129 cm³/mol. The summed E-state index contributed by atoms with van der Waals surface area (Å²) in [5.74, 6) is 1.34. The third-order valence-electron chi connectivity index (χ3n) is 7.66. The molecule has 2 aliphatic carbocycles. The van der Waals surface area contributed by atoms with E-state index in [4.69, 9.17) is 27.7 Å². The van der Waals surface area contributed by atoms with E-state index in [1.807, 2.05) is 0 Å². The van der Waals surface area contributed by atoms with Crippen LogP contribution in [0.5, 0.6) is 0 Å². The lowest BCUT2D eigenvalue weighted by molar-refractivity contribution is -0.128. The summed E-state index contributed by atoms with van der Waals surface area (Å²) in [6.07, 6.45) is 7.42. The molecule has 180 valence electrons. The van der Waals surface area contributed by atoms with Crippen LogP contribution in [0.15, 0.2) is 16.7 Å². The molecule has 3 aliphatic rings. The molecule has 0 unspecified atom stereocenters. The molecule has 3 fully saturated rings. The van der Waals surface area contributed by atoms with Crippen LogP contribution in [0.3, 0.4) is 0 Å². The molecule has 2 saturated carbocycles. The van der Waals surface area contributed by atoms with Crippen molar-refractivity contribution in [1.29, 1.82) is 0 Å². The summed E-state index contributed by atoms with van der Waals surface area (Å²) in [5, 5.41) is 8.46. The van der Waals surface area contributed by atoms with E-state index in [1.165, 1.54) is 25.3 Å². The summed E-state index contributed by atoms with van der Waals surface area (Å²) in [6, 6.07) is 3.24. The number of amides is 1. The number of carbonyl (C=O) groups excluding carboxylic acids is 1. The Balaban J connectivity index is 1.03.